The van der Waals surface area contributed by atoms with Gasteiger partial charge in [0.2, 0.25) is 0 Å². The molecule has 0 spiro atoms. The van der Waals surface area contributed by atoms with Crippen molar-refractivity contribution < 1.29 is 15.2 Å². The van der Waals surface area contributed by atoms with Crippen LogP contribution >= 0.6 is 18.8 Å². The molecular weight excluding hydrogens is 362 g/mol. The zero-order valence-electron chi connectivity index (χ0n) is 6.76. The predicted octanol–water partition coefficient (Wildman–Crippen LogP) is 4.40. The summed E-state index contributed by atoms with van der Waals surface area (Å²) in [5.74, 6) is 0. The Hall–Kier alpha value is 1.01. The van der Waals surface area contributed by atoms with Gasteiger partial charge in [-0.2, -0.15) is 0 Å². The number of allylic oxidation sites excluding steroid dienone is 1. The average molecular weight is 377 g/mol. The maximum atomic E-state index is 5.65. The summed E-state index contributed by atoms with van der Waals surface area (Å²) in [6.07, 6.45) is 8.53. The van der Waals surface area contributed by atoms with Crippen LogP contribution < -0.4 is 0 Å². The Labute approximate surface area is 83.4 Å². The van der Waals surface area contributed by atoms with E-state index < -0.39 is 15.2 Å². The number of hydrogen-bond donors (Lipinski definition) is 0. The summed E-state index contributed by atoms with van der Waals surface area (Å²) >= 11 is -1.62. The van der Waals surface area contributed by atoms with Gasteiger partial charge in [0.25, 0.3) is 0 Å². The van der Waals surface area contributed by atoms with Crippen molar-refractivity contribution in [1.29, 1.82) is 0 Å². The summed E-state index contributed by atoms with van der Waals surface area (Å²) < 4.78 is 1.99. The first-order chi connectivity index (χ1) is 5.27. The van der Waals surface area contributed by atoms with E-state index in [1.807, 2.05) is 4.47 Å². The Balaban J connectivity index is 3.01. The van der Waals surface area contributed by atoms with Crippen molar-refractivity contribution in [2.45, 2.75) is 39.0 Å². The Morgan fingerprint density at radius 2 is 1.91 bits per heavy atom. The van der Waals surface area contributed by atoms with Crippen LogP contribution in [-0.4, -0.2) is 0 Å². The summed E-state index contributed by atoms with van der Waals surface area (Å²) in [5.41, 5.74) is 0. The average Bonchev–Trinajstić information content (AvgIpc) is 1.96. The van der Waals surface area contributed by atoms with Gasteiger partial charge in [-0.05, 0) is 0 Å². The molecule has 71 valence electrons. The van der Waals surface area contributed by atoms with Gasteiger partial charge in [0, 0.05) is 0 Å². The molecule has 0 aliphatic rings. The standard InChI is InChI=1S/C8H15.2ClH.Pt/c1-3-5-7-8-6-4-2;;;/h1,3H,4-8H2,2H3;2*1H;/q;;;+2/p-2. The normalized spacial score (nSPS) is 12.5. The molecule has 0 aromatic rings. The minimum atomic E-state index is -1.62. The Morgan fingerprint density at radius 1 is 1.18 bits per heavy atom. The van der Waals surface area contributed by atoms with E-state index in [1.54, 1.807) is 0 Å². The van der Waals surface area contributed by atoms with Gasteiger partial charge in [-0.25, -0.2) is 0 Å². The maximum absolute atomic E-state index is 5.65. The molecule has 0 amide bonds. The third-order valence-electron chi connectivity index (χ3n) is 1.38. The van der Waals surface area contributed by atoms with Gasteiger partial charge in [-0.1, -0.05) is 0 Å². The minimum absolute atomic E-state index is 1.15. The first-order valence-electron chi connectivity index (χ1n) is 3.87. The molecule has 0 rings (SSSR count). The van der Waals surface area contributed by atoms with E-state index in [-0.39, 0.29) is 0 Å². The van der Waals surface area contributed by atoms with Gasteiger partial charge in [-0.15, -0.1) is 0 Å². The zero-order chi connectivity index (χ0) is 8.53. The number of hydrogen-bond acceptors (Lipinski definition) is 0. The third kappa shape index (κ3) is 11.0. The molecule has 0 radical (unpaired) electrons. The molecule has 3 heteroatoms. The molecule has 0 aromatic heterocycles. The van der Waals surface area contributed by atoms with Gasteiger partial charge in [0.05, 0.1) is 0 Å². The number of rotatable bonds is 6. The van der Waals surface area contributed by atoms with E-state index in [1.165, 1.54) is 25.7 Å². The van der Waals surface area contributed by atoms with Crippen LogP contribution in [0.3, 0.4) is 0 Å². The quantitative estimate of drug-likeness (QED) is 0.602. The molecule has 0 nitrogen and oxygen atoms in total. The first-order valence-corrected chi connectivity index (χ1v) is 10.8. The fraction of sp³-hybridized carbons (Fsp3) is 0.750. The van der Waals surface area contributed by atoms with E-state index in [9.17, 15) is 0 Å². The van der Waals surface area contributed by atoms with Crippen LogP contribution in [0.2, 0.25) is 0 Å². The molecule has 0 aromatic carbocycles. The van der Waals surface area contributed by atoms with E-state index in [0.29, 0.717) is 0 Å². The fourth-order valence-corrected chi connectivity index (χ4v) is 2.50. The summed E-state index contributed by atoms with van der Waals surface area (Å²) in [6.45, 7) is 2.22. The molecule has 0 heterocycles. The van der Waals surface area contributed by atoms with E-state index in [2.05, 4.69) is 13.0 Å². The van der Waals surface area contributed by atoms with Crippen molar-refractivity contribution in [3.05, 3.63) is 10.5 Å². The molecule has 0 saturated heterocycles. The van der Waals surface area contributed by atoms with Crippen LogP contribution in [-0.2, 0) is 15.2 Å². The van der Waals surface area contributed by atoms with Gasteiger partial charge in [-0.3, -0.25) is 0 Å². The fourth-order valence-electron chi connectivity index (χ4n) is 0.798. The second kappa shape index (κ2) is 9.10. The van der Waals surface area contributed by atoms with Gasteiger partial charge in [0.1, 0.15) is 0 Å². The summed E-state index contributed by atoms with van der Waals surface area (Å²) in [5, 5.41) is 0. The van der Waals surface area contributed by atoms with Crippen LogP contribution in [0.4, 0.5) is 0 Å². The van der Waals surface area contributed by atoms with E-state index in [0.717, 1.165) is 6.42 Å². The second-order valence-electron chi connectivity index (χ2n) is 2.37. The summed E-state index contributed by atoms with van der Waals surface area (Å²) in [6, 6.07) is 0. The van der Waals surface area contributed by atoms with E-state index in [4.69, 9.17) is 18.8 Å². The number of unbranched alkanes of at least 4 members (excludes halogenated alkanes) is 4. The van der Waals surface area contributed by atoms with Crippen molar-refractivity contribution in [1.82, 2.24) is 0 Å². The van der Waals surface area contributed by atoms with Crippen LogP contribution in [0.1, 0.15) is 39.0 Å². The molecule has 0 aliphatic heterocycles. The van der Waals surface area contributed by atoms with E-state index >= 15 is 0 Å². The molecule has 0 unspecified atom stereocenters. The van der Waals surface area contributed by atoms with Crippen LogP contribution in [0.5, 0.6) is 0 Å². The van der Waals surface area contributed by atoms with Gasteiger partial charge in [0.15, 0.2) is 0 Å². The topological polar surface area (TPSA) is 0 Å². The Kier molecular flexibility index (Phi) is 9.93. The molecule has 0 saturated carbocycles. The molecular formula is C8H15Cl2Pt. The number of halogens is 2. The molecule has 0 atom stereocenters. The van der Waals surface area contributed by atoms with Crippen LogP contribution in [0, 0.1) is 0 Å². The molecule has 0 N–H and O–H groups in total. The zero-order valence-corrected chi connectivity index (χ0v) is 10.5. The SMILES string of the molecule is CCCCCCC=[CH][Pt]([Cl])[Cl]. The van der Waals surface area contributed by atoms with Crippen LogP contribution in [0.25, 0.3) is 0 Å². The van der Waals surface area contributed by atoms with Crippen LogP contribution in [0.15, 0.2) is 10.5 Å². The van der Waals surface area contributed by atoms with Crippen molar-refractivity contribution in [3.63, 3.8) is 0 Å². The molecule has 0 aliphatic carbocycles. The predicted molar refractivity (Wildman–Crippen MR) is 49.6 cm³/mol. The molecule has 0 fully saturated rings. The monoisotopic (exact) mass is 376 g/mol. The van der Waals surface area contributed by atoms with Crippen molar-refractivity contribution in [2.24, 2.45) is 0 Å². The van der Waals surface area contributed by atoms with Crippen molar-refractivity contribution >= 4 is 18.8 Å². The van der Waals surface area contributed by atoms with Gasteiger partial charge < -0.3 is 0 Å². The Bertz CT molecular complexity index is 102. The summed E-state index contributed by atoms with van der Waals surface area (Å²) in [4.78, 5) is 0. The Morgan fingerprint density at radius 3 is 2.45 bits per heavy atom. The second-order valence-corrected chi connectivity index (χ2v) is 9.66. The third-order valence-corrected chi connectivity index (χ3v) is 3.79. The van der Waals surface area contributed by atoms with Crippen molar-refractivity contribution in [3.8, 4) is 0 Å². The van der Waals surface area contributed by atoms with Gasteiger partial charge >= 0.3 is 83.6 Å². The molecule has 0 bridgehead atoms. The summed E-state index contributed by atoms with van der Waals surface area (Å²) in [7, 11) is 11.3. The first kappa shape index (κ1) is 12.0. The van der Waals surface area contributed by atoms with Crippen molar-refractivity contribution in [2.75, 3.05) is 0 Å². The molecule has 11 heavy (non-hydrogen) atoms.